The molecule has 0 radical (unpaired) electrons. The minimum atomic E-state index is -1.08. The summed E-state index contributed by atoms with van der Waals surface area (Å²) >= 11 is 1.18. The summed E-state index contributed by atoms with van der Waals surface area (Å²) in [5.41, 5.74) is 0.866. The molecule has 2 heterocycles. The van der Waals surface area contributed by atoms with E-state index in [0.29, 0.717) is 22.1 Å². The SMILES string of the molecule is Cc1occc1C(=O)Nc1nc(CC(=O)N[C@@H](C(=O)O)C(C)C)cs1. The normalized spacial score (nSPS) is 12.0. The highest BCUT2D eigenvalue weighted by Gasteiger charge is 2.23. The summed E-state index contributed by atoms with van der Waals surface area (Å²) in [6, 6.07) is 0.610. The smallest absolute Gasteiger partial charge is 0.326 e. The molecule has 0 aliphatic heterocycles. The number of rotatable bonds is 7. The third kappa shape index (κ3) is 4.90. The van der Waals surface area contributed by atoms with Crippen LogP contribution in [0.25, 0.3) is 0 Å². The predicted molar refractivity (Wildman–Crippen MR) is 91.6 cm³/mol. The fraction of sp³-hybridized carbons (Fsp3) is 0.375. The lowest BCUT2D eigenvalue weighted by Crippen LogP contribution is -2.44. The molecule has 0 saturated heterocycles. The van der Waals surface area contributed by atoms with Gasteiger partial charge in [-0.1, -0.05) is 13.8 Å². The topological polar surface area (TPSA) is 122 Å². The van der Waals surface area contributed by atoms with Crippen LogP contribution in [0, 0.1) is 12.8 Å². The van der Waals surface area contributed by atoms with Crippen molar-refractivity contribution in [2.24, 2.45) is 5.92 Å². The molecule has 0 unspecified atom stereocenters. The summed E-state index contributed by atoms with van der Waals surface area (Å²) in [7, 11) is 0. The maximum atomic E-state index is 12.1. The van der Waals surface area contributed by atoms with Crippen molar-refractivity contribution < 1.29 is 23.9 Å². The summed E-state index contributed by atoms with van der Waals surface area (Å²) in [6.07, 6.45) is 1.36. The van der Waals surface area contributed by atoms with Gasteiger partial charge in [-0.15, -0.1) is 11.3 Å². The van der Waals surface area contributed by atoms with Crippen molar-refractivity contribution in [3.63, 3.8) is 0 Å². The second-order valence-corrected chi connectivity index (χ2v) is 6.65. The number of nitrogens with zero attached hydrogens (tertiary/aromatic N) is 1. The lowest BCUT2D eigenvalue weighted by molar-refractivity contribution is -0.143. The van der Waals surface area contributed by atoms with E-state index < -0.39 is 17.9 Å². The van der Waals surface area contributed by atoms with Gasteiger partial charge in [-0.2, -0.15) is 0 Å². The number of anilines is 1. The molecule has 25 heavy (non-hydrogen) atoms. The number of carbonyl (C=O) groups is 3. The lowest BCUT2D eigenvalue weighted by atomic mass is 10.0. The van der Waals surface area contributed by atoms with Gasteiger partial charge in [0.2, 0.25) is 5.91 Å². The van der Waals surface area contributed by atoms with E-state index in [-0.39, 0.29) is 18.2 Å². The molecule has 0 aliphatic carbocycles. The number of aromatic nitrogens is 1. The van der Waals surface area contributed by atoms with Gasteiger partial charge in [0, 0.05) is 5.38 Å². The number of furan rings is 1. The largest absolute Gasteiger partial charge is 0.480 e. The number of nitrogens with one attached hydrogen (secondary N) is 2. The van der Waals surface area contributed by atoms with Crippen LogP contribution in [0.15, 0.2) is 22.1 Å². The van der Waals surface area contributed by atoms with E-state index in [1.165, 1.54) is 17.6 Å². The molecule has 9 heteroatoms. The first-order chi connectivity index (χ1) is 11.8. The van der Waals surface area contributed by atoms with Crippen LogP contribution >= 0.6 is 11.3 Å². The van der Waals surface area contributed by atoms with Gasteiger partial charge in [-0.05, 0) is 18.9 Å². The zero-order valence-corrected chi connectivity index (χ0v) is 14.8. The molecular formula is C16H19N3O5S. The van der Waals surface area contributed by atoms with Gasteiger partial charge in [0.15, 0.2) is 5.13 Å². The second-order valence-electron chi connectivity index (χ2n) is 5.79. The molecule has 2 aromatic heterocycles. The lowest BCUT2D eigenvalue weighted by Gasteiger charge is -2.17. The molecule has 134 valence electrons. The van der Waals surface area contributed by atoms with Crippen LogP contribution in [0.5, 0.6) is 0 Å². The maximum Gasteiger partial charge on any atom is 0.326 e. The zero-order chi connectivity index (χ0) is 18.6. The molecule has 2 aromatic rings. The van der Waals surface area contributed by atoms with Gasteiger partial charge in [0.05, 0.1) is 23.9 Å². The average molecular weight is 365 g/mol. The van der Waals surface area contributed by atoms with Crippen molar-refractivity contribution in [3.05, 3.63) is 34.7 Å². The molecule has 0 aromatic carbocycles. The van der Waals surface area contributed by atoms with Crippen molar-refractivity contribution in [1.82, 2.24) is 10.3 Å². The van der Waals surface area contributed by atoms with E-state index in [2.05, 4.69) is 15.6 Å². The molecule has 3 N–H and O–H groups in total. The monoisotopic (exact) mass is 365 g/mol. The number of carboxylic acid groups (broad SMARTS) is 1. The third-order valence-corrected chi connectivity index (χ3v) is 4.27. The van der Waals surface area contributed by atoms with E-state index in [1.807, 2.05) is 0 Å². The van der Waals surface area contributed by atoms with Crippen molar-refractivity contribution in [1.29, 1.82) is 0 Å². The van der Waals surface area contributed by atoms with Crippen LogP contribution < -0.4 is 10.6 Å². The Morgan fingerprint density at radius 3 is 2.64 bits per heavy atom. The number of amides is 2. The molecule has 1 atom stereocenters. The van der Waals surface area contributed by atoms with Gasteiger partial charge in [0.1, 0.15) is 11.8 Å². The second kappa shape index (κ2) is 7.93. The highest BCUT2D eigenvalue weighted by molar-refractivity contribution is 7.14. The summed E-state index contributed by atoms with van der Waals surface area (Å²) in [4.78, 5) is 39.3. The summed E-state index contributed by atoms with van der Waals surface area (Å²) in [5.74, 6) is -1.59. The van der Waals surface area contributed by atoms with Crippen molar-refractivity contribution in [3.8, 4) is 0 Å². The van der Waals surface area contributed by atoms with Crippen LogP contribution in [0.4, 0.5) is 5.13 Å². The fourth-order valence-electron chi connectivity index (χ4n) is 2.13. The molecule has 0 aliphatic rings. The minimum Gasteiger partial charge on any atom is -0.480 e. The Labute approximate surface area is 148 Å². The first-order valence-corrected chi connectivity index (χ1v) is 8.48. The van der Waals surface area contributed by atoms with Crippen LogP contribution in [0.1, 0.15) is 35.7 Å². The standard InChI is InChI=1S/C16H19N3O5S/c1-8(2)13(15(22)23)18-12(20)6-10-7-25-16(17-10)19-14(21)11-4-5-24-9(11)3/h4-5,7-8,13H,6H2,1-3H3,(H,18,20)(H,22,23)(H,17,19,21)/t13-/m1/s1. The quantitative estimate of drug-likeness (QED) is 0.690. The zero-order valence-electron chi connectivity index (χ0n) is 14.0. The third-order valence-electron chi connectivity index (χ3n) is 3.47. The molecule has 8 nitrogen and oxygen atoms in total. The Morgan fingerprint density at radius 2 is 2.08 bits per heavy atom. The molecule has 0 saturated carbocycles. The number of hydrogen-bond acceptors (Lipinski definition) is 6. The number of aliphatic carboxylic acids is 1. The highest BCUT2D eigenvalue weighted by Crippen LogP contribution is 2.18. The van der Waals surface area contributed by atoms with Crippen LogP contribution in [0.3, 0.4) is 0 Å². The van der Waals surface area contributed by atoms with Crippen molar-refractivity contribution >= 4 is 34.3 Å². The average Bonchev–Trinajstić information content (AvgIpc) is 3.13. The Balaban J connectivity index is 1.95. The van der Waals surface area contributed by atoms with Gasteiger partial charge in [0.25, 0.3) is 5.91 Å². The van der Waals surface area contributed by atoms with Crippen molar-refractivity contribution in [2.45, 2.75) is 33.2 Å². The highest BCUT2D eigenvalue weighted by atomic mass is 32.1. The number of thiazole rings is 1. The number of aryl methyl sites for hydroxylation is 1. The molecule has 2 rings (SSSR count). The van der Waals surface area contributed by atoms with Gasteiger partial charge >= 0.3 is 5.97 Å². The van der Waals surface area contributed by atoms with Gasteiger partial charge in [-0.3, -0.25) is 14.9 Å². The first-order valence-electron chi connectivity index (χ1n) is 7.60. The van der Waals surface area contributed by atoms with E-state index >= 15 is 0 Å². The van der Waals surface area contributed by atoms with Crippen LogP contribution in [-0.2, 0) is 16.0 Å². The minimum absolute atomic E-state index is 0.0619. The maximum absolute atomic E-state index is 12.1. The number of carboxylic acids is 1. The first kappa shape index (κ1) is 18.7. The molecule has 0 bridgehead atoms. The molecular weight excluding hydrogens is 346 g/mol. The predicted octanol–water partition coefficient (Wildman–Crippen LogP) is 2.06. The van der Waals surface area contributed by atoms with Gasteiger partial charge < -0.3 is 14.8 Å². The Hall–Kier alpha value is -2.68. The Morgan fingerprint density at radius 1 is 1.36 bits per heavy atom. The summed E-state index contributed by atoms with van der Waals surface area (Å²) < 4.78 is 5.08. The summed E-state index contributed by atoms with van der Waals surface area (Å²) in [5, 5.41) is 16.2. The Bertz CT molecular complexity index is 780. The Kier molecular flexibility index (Phi) is 5.92. The molecule has 0 spiro atoms. The van der Waals surface area contributed by atoms with Gasteiger partial charge in [-0.25, -0.2) is 9.78 Å². The molecule has 2 amide bonds. The summed E-state index contributed by atoms with van der Waals surface area (Å²) in [6.45, 7) is 5.11. The number of hydrogen-bond donors (Lipinski definition) is 3. The van der Waals surface area contributed by atoms with E-state index in [1.54, 1.807) is 32.2 Å². The van der Waals surface area contributed by atoms with Crippen LogP contribution in [0.2, 0.25) is 0 Å². The van der Waals surface area contributed by atoms with E-state index in [9.17, 15) is 14.4 Å². The fourth-order valence-corrected chi connectivity index (χ4v) is 2.84. The van der Waals surface area contributed by atoms with E-state index in [4.69, 9.17) is 9.52 Å². The van der Waals surface area contributed by atoms with E-state index in [0.717, 1.165) is 0 Å². The van der Waals surface area contributed by atoms with Crippen LogP contribution in [-0.4, -0.2) is 33.9 Å². The number of carbonyl (C=O) groups excluding carboxylic acids is 2. The molecule has 0 fully saturated rings. The van der Waals surface area contributed by atoms with Crippen molar-refractivity contribution in [2.75, 3.05) is 5.32 Å².